The number of phenols is 2. The SMILES string of the molecule is CCC1(CC)CCN(CC(=O)c2ccc(O)cc2O)C1. The minimum absolute atomic E-state index is 0.0313. The molecule has 0 bridgehead atoms. The first kappa shape index (κ1) is 14.9. The van der Waals surface area contributed by atoms with E-state index in [0.29, 0.717) is 12.0 Å². The highest BCUT2D eigenvalue weighted by Crippen LogP contribution is 2.37. The molecule has 4 heteroatoms. The molecular weight excluding hydrogens is 254 g/mol. The summed E-state index contributed by atoms with van der Waals surface area (Å²) < 4.78 is 0. The van der Waals surface area contributed by atoms with Gasteiger partial charge in [-0.3, -0.25) is 9.69 Å². The van der Waals surface area contributed by atoms with Crippen LogP contribution in [0, 0.1) is 5.41 Å². The van der Waals surface area contributed by atoms with Crippen molar-refractivity contribution < 1.29 is 15.0 Å². The Labute approximate surface area is 120 Å². The standard InChI is InChI=1S/C16H23NO3/c1-3-16(4-2)7-8-17(11-16)10-15(20)13-6-5-12(18)9-14(13)19/h5-6,9,18-19H,3-4,7-8,10-11H2,1-2H3. The second kappa shape index (κ2) is 5.83. The van der Waals surface area contributed by atoms with Crippen LogP contribution in [-0.2, 0) is 0 Å². The third-order valence-corrected chi connectivity index (χ3v) is 4.67. The number of carbonyl (C=O) groups excluding carboxylic acids is 1. The Bertz CT molecular complexity index is 494. The van der Waals surface area contributed by atoms with Crippen molar-refractivity contribution in [2.45, 2.75) is 33.1 Å². The smallest absolute Gasteiger partial charge is 0.180 e. The highest BCUT2D eigenvalue weighted by Gasteiger charge is 2.35. The molecule has 2 rings (SSSR count). The lowest BCUT2D eigenvalue weighted by atomic mass is 9.82. The Hall–Kier alpha value is -1.55. The van der Waals surface area contributed by atoms with E-state index in [-0.39, 0.29) is 22.8 Å². The Morgan fingerprint density at radius 2 is 2.00 bits per heavy atom. The van der Waals surface area contributed by atoms with Crippen molar-refractivity contribution in [3.8, 4) is 11.5 Å². The first-order valence-corrected chi connectivity index (χ1v) is 7.27. The number of likely N-dealkylation sites (tertiary alicyclic amines) is 1. The molecule has 0 aliphatic carbocycles. The summed E-state index contributed by atoms with van der Waals surface area (Å²) >= 11 is 0. The average molecular weight is 277 g/mol. The largest absolute Gasteiger partial charge is 0.508 e. The molecule has 1 aliphatic heterocycles. The zero-order valence-electron chi connectivity index (χ0n) is 12.2. The molecule has 2 N–H and O–H groups in total. The summed E-state index contributed by atoms with van der Waals surface area (Å²) in [5.74, 6) is -0.270. The van der Waals surface area contributed by atoms with Gasteiger partial charge in [-0.05, 0) is 43.4 Å². The van der Waals surface area contributed by atoms with Gasteiger partial charge in [0.1, 0.15) is 11.5 Å². The third kappa shape index (κ3) is 2.96. The topological polar surface area (TPSA) is 60.8 Å². The maximum atomic E-state index is 12.2. The van der Waals surface area contributed by atoms with Crippen LogP contribution in [0.25, 0.3) is 0 Å². The van der Waals surface area contributed by atoms with E-state index < -0.39 is 0 Å². The molecule has 1 aromatic carbocycles. The van der Waals surface area contributed by atoms with Crippen molar-refractivity contribution in [1.82, 2.24) is 4.90 Å². The fourth-order valence-electron chi connectivity index (χ4n) is 3.03. The molecule has 1 saturated heterocycles. The average Bonchev–Trinajstić information content (AvgIpc) is 2.82. The quantitative estimate of drug-likeness (QED) is 0.812. The predicted molar refractivity (Wildman–Crippen MR) is 78.2 cm³/mol. The predicted octanol–water partition coefficient (Wildman–Crippen LogP) is 2.79. The summed E-state index contributed by atoms with van der Waals surface area (Å²) in [7, 11) is 0. The van der Waals surface area contributed by atoms with Gasteiger partial charge < -0.3 is 10.2 Å². The fourth-order valence-corrected chi connectivity index (χ4v) is 3.03. The Kier molecular flexibility index (Phi) is 4.33. The molecule has 1 fully saturated rings. The molecule has 20 heavy (non-hydrogen) atoms. The molecule has 0 unspecified atom stereocenters. The molecule has 0 amide bonds. The Balaban J connectivity index is 2.02. The molecule has 1 heterocycles. The van der Waals surface area contributed by atoms with Gasteiger partial charge in [-0.2, -0.15) is 0 Å². The maximum absolute atomic E-state index is 12.2. The summed E-state index contributed by atoms with van der Waals surface area (Å²) in [6, 6.07) is 4.12. The first-order chi connectivity index (χ1) is 9.49. The molecule has 1 aliphatic rings. The lowest BCUT2D eigenvalue weighted by Crippen LogP contribution is -2.31. The van der Waals surface area contributed by atoms with Crippen molar-refractivity contribution in [1.29, 1.82) is 0 Å². The van der Waals surface area contributed by atoms with Gasteiger partial charge in [0.2, 0.25) is 0 Å². The van der Waals surface area contributed by atoms with Crippen LogP contribution in [0.1, 0.15) is 43.5 Å². The minimum Gasteiger partial charge on any atom is -0.508 e. The van der Waals surface area contributed by atoms with Crippen LogP contribution in [-0.4, -0.2) is 40.5 Å². The molecule has 0 spiro atoms. The van der Waals surface area contributed by atoms with Gasteiger partial charge in [0.25, 0.3) is 0 Å². The number of hydrogen-bond donors (Lipinski definition) is 2. The number of rotatable bonds is 5. The highest BCUT2D eigenvalue weighted by atomic mass is 16.3. The van der Waals surface area contributed by atoms with Crippen molar-refractivity contribution in [2.24, 2.45) is 5.41 Å². The van der Waals surface area contributed by atoms with Gasteiger partial charge in [0.05, 0.1) is 12.1 Å². The summed E-state index contributed by atoms with van der Waals surface area (Å²) in [5, 5.41) is 19.0. The van der Waals surface area contributed by atoms with E-state index in [2.05, 4.69) is 18.7 Å². The van der Waals surface area contributed by atoms with Gasteiger partial charge >= 0.3 is 0 Å². The summed E-state index contributed by atoms with van der Waals surface area (Å²) in [5.41, 5.74) is 0.630. The molecule has 4 nitrogen and oxygen atoms in total. The minimum atomic E-state index is -0.147. The fraction of sp³-hybridized carbons (Fsp3) is 0.562. The van der Waals surface area contributed by atoms with E-state index in [9.17, 15) is 15.0 Å². The van der Waals surface area contributed by atoms with E-state index in [1.807, 2.05) is 0 Å². The van der Waals surface area contributed by atoms with Crippen molar-refractivity contribution in [3.63, 3.8) is 0 Å². The highest BCUT2D eigenvalue weighted by molar-refractivity contribution is 6.00. The van der Waals surface area contributed by atoms with Gasteiger partial charge in [-0.25, -0.2) is 0 Å². The zero-order valence-corrected chi connectivity index (χ0v) is 12.2. The molecular formula is C16H23NO3. The molecule has 0 radical (unpaired) electrons. The Morgan fingerprint density at radius 1 is 1.30 bits per heavy atom. The van der Waals surface area contributed by atoms with Crippen LogP contribution in [0.5, 0.6) is 11.5 Å². The maximum Gasteiger partial charge on any atom is 0.180 e. The molecule has 0 aromatic heterocycles. The number of Topliss-reactive ketones (excluding diaryl/α,β-unsaturated/α-hetero) is 1. The number of benzene rings is 1. The van der Waals surface area contributed by atoms with E-state index in [1.165, 1.54) is 18.2 Å². The summed E-state index contributed by atoms with van der Waals surface area (Å²) in [6.07, 6.45) is 3.41. The van der Waals surface area contributed by atoms with Crippen molar-refractivity contribution in [3.05, 3.63) is 23.8 Å². The first-order valence-electron chi connectivity index (χ1n) is 7.27. The molecule has 0 saturated carbocycles. The number of nitrogens with zero attached hydrogens (tertiary/aromatic N) is 1. The summed E-state index contributed by atoms with van der Waals surface area (Å²) in [6.45, 7) is 6.64. The van der Waals surface area contributed by atoms with Crippen LogP contribution in [0.2, 0.25) is 0 Å². The van der Waals surface area contributed by atoms with Gasteiger partial charge in [-0.15, -0.1) is 0 Å². The zero-order chi connectivity index (χ0) is 14.8. The second-order valence-electron chi connectivity index (χ2n) is 5.79. The van der Waals surface area contributed by atoms with Crippen LogP contribution < -0.4 is 0 Å². The normalized spacial score (nSPS) is 18.3. The lowest BCUT2D eigenvalue weighted by Gasteiger charge is -2.26. The van der Waals surface area contributed by atoms with Crippen molar-refractivity contribution >= 4 is 5.78 Å². The monoisotopic (exact) mass is 277 g/mol. The van der Waals surface area contributed by atoms with E-state index in [4.69, 9.17) is 0 Å². The number of carbonyl (C=O) groups is 1. The lowest BCUT2D eigenvalue weighted by molar-refractivity contribution is 0.0934. The molecule has 0 atom stereocenters. The number of aromatic hydroxyl groups is 2. The van der Waals surface area contributed by atoms with Gasteiger partial charge in [0, 0.05) is 12.6 Å². The summed E-state index contributed by atoms with van der Waals surface area (Å²) in [4.78, 5) is 14.4. The van der Waals surface area contributed by atoms with E-state index in [0.717, 1.165) is 32.4 Å². The number of ketones is 1. The Morgan fingerprint density at radius 3 is 2.55 bits per heavy atom. The number of phenolic OH excluding ortho intramolecular Hbond substituents is 2. The van der Waals surface area contributed by atoms with Gasteiger partial charge in [0.15, 0.2) is 5.78 Å². The molecule has 110 valence electrons. The van der Waals surface area contributed by atoms with Gasteiger partial charge in [-0.1, -0.05) is 13.8 Å². The van der Waals surface area contributed by atoms with Crippen LogP contribution in [0.3, 0.4) is 0 Å². The van der Waals surface area contributed by atoms with Crippen LogP contribution >= 0.6 is 0 Å². The van der Waals surface area contributed by atoms with Crippen LogP contribution in [0.4, 0.5) is 0 Å². The number of hydrogen-bond acceptors (Lipinski definition) is 4. The van der Waals surface area contributed by atoms with Crippen LogP contribution in [0.15, 0.2) is 18.2 Å². The van der Waals surface area contributed by atoms with E-state index >= 15 is 0 Å². The van der Waals surface area contributed by atoms with Crippen molar-refractivity contribution in [2.75, 3.05) is 19.6 Å². The third-order valence-electron chi connectivity index (χ3n) is 4.67. The molecule has 1 aromatic rings. The van der Waals surface area contributed by atoms with E-state index in [1.54, 1.807) is 0 Å². The second-order valence-corrected chi connectivity index (χ2v) is 5.79.